The van der Waals surface area contributed by atoms with Crippen LogP contribution in [-0.4, -0.2) is 71.5 Å². The van der Waals surface area contributed by atoms with E-state index in [1.165, 1.54) is 19.6 Å². The largest absolute Gasteiger partial charge is 0.370 e. The molecule has 0 fully saturated rings. The minimum Gasteiger partial charge on any atom is -0.370 e. The number of nitrogens with one attached hydrogen (secondary N) is 4. The molecule has 0 saturated heterocycles. The highest BCUT2D eigenvalue weighted by molar-refractivity contribution is 7.99. The quantitative estimate of drug-likeness (QED) is 0.0679. The first-order valence-corrected chi connectivity index (χ1v) is 15.5. The summed E-state index contributed by atoms with van der Waals surface area (Å²) in [6.07, 6.45) is 4.53. The smallest absolute Gasteiger partial charge is 0.324 e. The molecule has 8 N–H and O–H groups in total. The van der Waals surface area contributed by atoms with Gasteiger partial charge in [-0.2, -0.15) is 0 Å². The first-order chi connectivity index (χ1) is 19.4. The van der Waals surface area contributed by atoms with Gasteiger partial charge >= 0.3 is 12.1 Å². The molecule has 0 saturated carbocycles. The summed E-state index contributed by atoms with van der Waals surface area (Å²) in [5.41, 5.74) is 11.3. The van der Waals surface area contributed by atoms with Gasteiger partial charge in [0.2, 0.25) is 0 Å². The van der Waals surface area contributed by atoms with Crippen LogP contribution in [0.15, 0.2) is 70.5 Å². The molecule has 218 valence electrons. The number of urea groups is 2. The Labute approximate surface area is 246 Å². The third-order valence-electron chi connectivity index (χ3n) is 5.80. The molecule has 12 heteroatoms. The Hall–Kier alpha value is -3.38. The number of nitrogens with two attached hydrogens (primary N) is 2. The van der Waals surface area contributed by atoms with E-state index in [9.17, 15) is 9.59 Å². The molecular formula is C28H42N8O2S2. The summed E-state index contributed by atoms with van der Waals surface area (Å²) in [4.78, 5) is 29.8. The Kier molecular flexibility index (Phi) is 16.1. The highest BCUT2D eigenvalue weighted by atomic mass is 32.2. The molecule has 0 heterocycles. The number of carbonyl (C=O) groups is 2. The fourth-order valence-electron chi connectivity index (χ4n) is 3.70. The zero-order valence-electron chi connectivity index (χ0n) is 22.9. The van der Waals surface area contributed by atoms with Gasteiger partial charge in [-0.1, -0.05) is 49.2 Å². The van der Waals surface area contributed by atoms with Crippen LogP contribution in [-0.2, 0) is 0 Å². The van der Waals surface area contributed by atoms with Crippen molar-refractivity contribution in [2.24, 2.45) is 11.5 Å². The lowest BCUT2D eigenvalue weighted by Crippen LogP contribution is -2.47. The predicted octanol–water partition coefficient (Wildman–Crippen LogP) is 4.72. The van der Waals surface area contributed by atoms with Gasteiger partial charge < -0.3 is 22.1 Å². The topological polar surface area (TPSA) is 164 Å². The maximum absolute atomic E-state index is 12.5. The summed E-state index contributed by atoms with van der Waals surface area (Å²) in [6.45, 7) is 1.71. The van der Waals surface area contributed by atoms with Crippen molar-refractivity contribution in [3.8, 4) is 0 Å². The average Bonchev–Trinajstić information content (AvgIpc) is 2.94. The second-order valence-electron chi connectivity index (χ2n) is 8.98. The number of rotatable bonds is 17. The molecule has 0 spiro atoms. The minimum atomic E-state index is -0.362. The van der Waals surface area contributed by atoms with Crippen LogP contribution in [0.1, 0.15) is 38.5 Å². The van der Waals surface area contributed by atoms with Crippen LogP contribution >= 0.6 is 23.5 Å². The van der Waals surface area contributed by atoms with Gasteiger partial charge in [0.05, 0.1) is 0 Å². The first kappa shape index (κ1) is 32.8. The standard InChI is InChI=1S/C28H42N8O2S2/c29-25(30)35(27(37)33-17-11-21-39-23-13-5-3-6-14-23)19-9-1-2-10-20-36(26(31)32)28(38)34-18-12-22-40-24-15-7-4-8-16-24/h3-8,13-16H,1-2,9-12,17-22H2,(H3,29,30)(H3,31,32)(H,33,37)(H,34,38). The fourth-order valence-corrected chi connectivity index (χ4v) is 5.44. The number of thioether (sulfide) groups is 2. The lowest BCUT2D eigenvalue weighted by Gasteiger charge is -2.22. The average molecular weight is 587 g/mol. The number of carbonyl (C=O) groups excluding carboxylic acids is 2. The van der Waals surface area contributed by atoms with Gasteiger partial charge in [-0.25, -0.2) is 9.59 Å². The van der Waals surface area contributed by atoms with Crippen LogP contribution in [0.4, 0.5) is 9.59 Å². The van der Waals surface area contributed by atoms with Gasteiger partial charge in [0.1, 0.15) is 0 Å². The summed E-state index contributed by atoms with van der Waals surface area (Å²) in [6, 6.07) is 19.5. The van der Waals surface area contributed by atoms with Crippen molar-refractivity contribution in [1.29, 1.82) is 10.8 Å². The Bertz CT molecular complexity index is 960. The Morgan fingerprint density at radius 3 is 1.35 bits per heavy atom. The van der Waals surface area contributed by atoms with Crippen molar-refractivity contribution in [2.75, 3.05) is 37.7 Å². The van der Waals surface area contributed by atoms with Crippen molar-refractivity contribution in [2.45, 2.75) is 48.3 Å². The van der Waals surface area contributed by atoms with E-state index in [0.29, 0.717) is 39.0 Å². The van der Waals surface area contributed by atoms with E-state index < -0.39 is 0 Å². The lowest BCUT2D eigenvalue weighted by molar-refractivity contribution is 0.217. The molecule has 0 aromatic heterocycles. The molecule has 0 atom stereocenters. The van der Waals surface area contributed by atoms with E-state index in [-0.39, 0.29) is 24.0 Å². The zero-order chi connectivity index (χ0) is 29.0. The molecule has 2 rings (SSSR count). The van der Waals surface area contributed by atoms with Crippen molar-refractivity contribution < 1.29 is 9.59 Å². The van der Waals surface area contributed by atoms with E-state index in [2.05, 4.69) is 34.9 Å². The number of unbranched alkanes of at least 4 members (excludes halogenated alkanes) is 3. The van der Waals surface area contributed by atoms with Crippen molar-refractivity contribution in [3.63, 3.8) is 0 Å². The molecule has 2 aromatic carbocycles. The Morgan fingerprint density at radius 2 is 1.00 bits per heavy atom. The number of hydrogen-bond donors (Lipinski definition) is 6. The third kappa shape index (κ3) is 13.6. The number of amides is 4. The Balaban J connectivity index is 1.57. The predicted molar refractivity (Wildman–Crippen MR) is 166 cm³/mol. The molecule has 4 amide bonds. The maximum Gasteiger partial charge on any atom is 0.324 e. The molecule has 40 heavy (non-hydrogen) atoms. The zero-order valence-corrected chi connectivity index (χ0v) is 24.6. The van der Waals surface area contributed by atoms with Gasteiger partial charge in [0.15, 0.2) is 11.9 Å². The SMILES string of the molecule is N=C(N)N(CCCCCCN(C(=N)N)C(=O)NCCCSc1ccccc1)C(=O)NCCCSc1ccccc1. The van der Waals surface area contributed by atoms with E-state index in [0.717, 1.165) is 37.2 Å². The highest BCUT2D eigenvalue weighted by Crippen LogP contribution is 2.18. The van der Waals surface area contributed by atoms with Gasteiger partial charge in [0.25, 0.3) is 0 Å². The molecule has 0 aliphatic rings. The second kappa shape index (κ2) is 19.6. The second-order valence-corrected chi connectivity index (χ2v) is 11.3. The van der Waals surface area contributed by atoms with Gasteiger partial charge in [-0.05, 0) is 61.5 Å². The Morgan fingerprint density at radius 1 is 0.625 bits per heavy atom. The van der Waals surface area contributed by atoms with Gasteiger partial charge in [0, 0.05) is 36.0 Å². The van der Waals surface area contributed by atoms with E-state index in [1.807, 2.05) is 36.4 Å². The molecule has 2 aromatic rings. The molecule has 0 unspecified atom stereocenters. The molecule has 10 nitrogen and oxygen atoms in total. The number of hydrogen-bond acceptors (Lipinski definition) is 6. The highest BCUT2D eigenvalue weighted by Gasteiger charge is 2.17. The molecule has 0 bridgehead atoms. The van der Waals surface area contributed by atoms with Crippen LogP contribution in [0.2, 0.25) is 0 Å². The summed E-state index contributed by atoms with van der Waals surface area (Å²) < 4.78 is 0. The summed E-state index contributed by atoms with van der Waals surface area (Å²) in [5, 5.41) is 21.2. The van der Waals surface area contributed by atoms with Crippen LogP contribution in [0, 0.1) is 10.8 Å². The molecule has 0 radical (unpaired) electrons. The first-order valence-electron chi connectivity index (χ1n) is 13.5. The van der Waals surface area contributed by atoms with E-state index in [1.54, 1.807) is 23.5 Å². The van der Waals surface area contributed by atoms with Crippen molar-refractivity contribution in [3.05, 3.63) is 60.7 Å². The molecule has 0 aliphatic carbocycles. The normalized spacial score (nSPS) is 10.5. The minimum absolute atomic E-state index is 0.280. The van der Waals surface area contributed by atoms with E-state index in [4.69, 9.17) is 22.3 Å². The van der Waals surface area contributed by atoms with Crippen LogP contribution in [0.5, 0.6) is 0 Å². The van der Waals surface area contributed by atoms with Crippen LogP contribution in [0.25, 0.3) is 0 Å². The summed E-state index contributed by atoms with van der Waals surface area (Å²) in [5.74, 6) is 1.20. The molecule has 0 aliphatic heterocycles. The molecular weight excluding hydrogens is 544 g/mol. The lowest BCUT2D eigenvalue weighted by atomic mass is 10.2. The monoisotopic (exact) mass is 586 g/mol. The number of guanidine groups is 2. The summed E-state index contributed by atoms with van der Waals surface area (Å²) >= 11 is 3.47. The van der Waals surface area contributed by atoms with Gasteiger partial charge in [-0.3, -0.25) is 20.6 Å². The van der Waals surface area contributed by atoms with E-state index >= 15 is 0 Å². The number of benzene rings is 2. The maximum atomic E-state index is 12.5. The van der Waals surface area contributed by atoms with Gasteiger partial charge in [-0.15, -0.1) is 23.5 Å². The van der Waals surface area contributed by atoms with Crippen molar-refractivity contribution >= 4 is 47.5 Å². The van der Waals surface area contributed by atoms with Crippen LogP contribution < -0.4 is 22.1 Å². The van der Waals surface area contributed by atoms with Crippen molar-refractivity contribution in [1.82, 2.24) is 20.4 Å². The summed E-state index contributed by atoms with van der Waals surface area (Å²) in [7, 11) is 0. The van der Waals surface area contributed by atoms with Crippen LogP contribution in [0.3, 0.4) is 0 Å². The third-order valence-corrected chi connectivity index (χ3v) is 8.00. The number of nitrogens with zero attached hydrogens (tertiary/aromatic N) is 2. The fraction of sp³-hybridized carbons (Fsp3) is 0.429.